The second-order valence-corrected chi connectivity index (χ2v) is 5.91. The summed E-state index contributed by atoms with van der Waals surface area (Å²) in [5.41, 5.74) is 0.952. The van der Waals surface area contributed by atoms with Gasteiger partial charge in [-0.05, 0) is 30.7 Å². The summed E-state index contributed by atoms with van der Waals surface area (Å²) in [6.07, 6.45) is 0.0184. The Morgan fingerprint density at radius 3 is 2.62 bits per heavy atom. The van der Waals surface area contributed by atoms with Crippen molar-refractivity contribution < 1.29 is 14.3 Å². The van der Waals surface area contributed by atoms with E-state index in [1.54, 1.807) is 43.3 Å². The highest BCUT2D eigenvalue weighted by Gasteiger charge is 2.23. The van der Waals surface area contributed by atoms with Crippen LogP contribution >= 0.6 is 11.6 Å². The number of likely N-dealkylation sites (N-methyl/N-ethyl adjacent to an activating group) is 1. The third-order valence-electron chi connectivity index (χ3n) is 3.70. The molecule has 1 amide bonds. The summed E-state index contributed by atoms with van der Waals surface area (Å²) < 4.78 is 11.2. The van der Waals surface area contributed by atoms with Crippen molar-refractivity contribution in [1.29, 1.82) is 0 Å². The van der Waals surface area contributed by atoms with E-state index in [1.165, 1.54) is 0 Å². The fraction of sp³-hybridized carbons (Fsp3) is 0.316. The maximum absolute atomic E-state index is 12.7. The standard InChI is InChI=1S/C19H22ClNO3/c1-4-17(24-16-10-7-9-15(20)12-16)19(22)21(2)13-14-8-5-6-11-18(14)23-3/h5-12,17H,4,13H2,1-3H3. The molecule has 0 aliphatic carbocycles. The van der Waals surface area contributed by atoms with E-state index in [0.29, 0.717) is 23.7 Å². The number of methoxy groups -OCH3 is 1. The SMILES string of the molecule is CCC(Oc1cccc(Cl)c1)C(=O)N(C)Cc1ccccc1OC. The Kier molecular flexibility index (Phi) is 6.50. The summed E-state index contributed by atoms with van der Waals surface area (Å²) in [6, 6.07) is 14.7. The van der Waals surface area contributed by atoms with Crippen molar-refractivity contribution in [3.8, 4) is 11.5 Å². The zero-order valence-corrected chi connectivity index (χ0v) is 14.9. The fourth-order valence-electron chi connectivity index (χ4n) is 2.43. The number of ether oxygens (including phenoxy) is 2. The number of benzene rings is 2. The molecule has 0 bridgehead atoms. The van der Waals surface area contributed by atoms with Gasteiger partial charge in [0.25, 0.3) is 5.91 Å². The van der Waals surface area contributed by atoms with Gasteiger partial charge < -0.3 is 14.4 Å². The zero-order valence-electron chi connectivity index (χ0n) is 14.2. The molecule has 1 atom stereocenters. The second-order valence-electron chi connectivity index (χ2n) is 5.48. The number of rotatable bonds is 7. The lowest BCUT2D eigenvalue weighted by atomic mass is 10.1. The summed E-state index contributed by atoms with van der Waals surface area (Å²) in [5, 5.41) is 0.581. The van der Waals surface area contributed by atoms with Crippen LogP contribution in [0.4, 0.5) is 0 Å². The molecule has 0 radical (unpaired) electrons. The second kappa shape index (κ2) is 8.60. The molecule has 2 rings (SSSR count). The lowest BCUT2D eigenvalue weighted by Gasteiger charge is -2.24. The van der Waals surface area contributed by atoms with Crippen molar-refractivity contribution in [1.82, 2.24) is 4.90 Å². The molecule has 0 saturated carbocycles. The Labute approximate surface area is 147 Å². The molecule has 0 aliphatic heterocycles. The zero-order chi connectivity index (χ0) is 17.5. The highest BCUT2D eigenvalue weighted by atomic mass is 35.5. The smallest absolute Gasteiger partial charge is 0.263 e. The lowest BCUT2D eigenvalue weighted by Crippen LogP contribution is -2.39. The Hall–Kier alpha value is -2.20. The average molecular weight is 348 g/mol. The monoisotopic (exact) mass is 347 g/mol. The molecular formula is C19H22ClNO3. The van der Waals surface area contributed by atoms with Gasteiger partial charge in [-0.25, -0.2) is 0 Å². The van der Waals surface area contributed by atoms with E-state index < -0.39 is 6.10 Å². The molecule has 0 spiro atoms. The minimum atomic E-state index is -0.553. The molecule has 0 aliphatic rings. The molecule has 0 N–H and O–H groups in total. The molecule has 1 unspecified atom stereocenters. The number of amides is 1. The molecule has 128 valence electrons. The molecule has 4 nitrogen and oxygen atoms in total. The lowest BCUT2D eigenvalue weighted by molar-refractivity contribution is -0.138. The van der Waals surface area contributed by atoms with Gasteiger partial charge in [-0.15, -0.1) is 0 Å². The first-order valence-electron chi connectivity index (χ1n) is 7.84. The van der Waals surface area contributed by atoms with Crippen LogP contribution in [0, 0.1) is 0 Å². The molecule has 0 aromatic heterocycles. The molecule has 2 aromatic rings. The van der Waals surface area contributed by atoms with Crippen LogP contribution in [0.3, 0.4) is 0 Å². The summed E-state index contributed by atoms with van der Waals surface area (Å²) in [4.78, 5) is 14.3. The molecule has 24 heavy (non-hydrogen) atoms. The van der Waals surface area contributed by atoms with Crippen LogP contribution in [-0.2, 0) is 11.3 Å². The maximum Gasteiger partial charge on any atom is 0.263 e. The van der Waals surface area contributed by atoms with Crippen LogP contribution in [0.1, 0.15) is 18.9 Å². The van der Waals surface area contributed by atoms with Gasteiger partial charge in [-0.3, -0.25) is 4.79 Å². The number of hydrogen-bond acceptors (Lipinski definition) is 3. The number of carbonyl (C=O) groups excluding carboxylic acids is 1. The van der Waals surface area contributed by atoms with Gasteiger partial charge in [-0.2, -0.15) is 0 Å². The van der Waals surface area contributed by atoms with Gasteiger partial charge in [0, 0.05) is 24.2 Å². The molecule has 0 fully saturated rings. The quantitative estimate of drug-likeness (QED) is 0.754. The van der Waals surface area contributed by atoms with Crippen molar-refractivity contribution in [2.75, 3.05) is 14.2 Å². The van der Waals surface area contributed by atoms with Gasteiger partial charge in [0.15, 0.2) is 6.10 Å². The molecular weight excluding hydrogens is 326 g/mol. The summed E-state index contributed by atoms with van der Waals surface area (Å²) in [5.74, 6) is 1.28. The van der Waals surface area contributed by atoms with E-state index >= 15 is 0 Å². The topological polar surface area (TPSA) is 38.8 Å². The predicted octanol–water partition coefficient (Wildman–Crippen LogP) is 4.16. The maximum atomic E-state index is 12.7. The highest BCUT2D eigenvalue weighted by molar-refractivity contribution is 6.30. The molecule has 5 heteroatoms. The predicted molar refractivity (Wildman–Crippen MR) is 95.6 cm³/mol. The van der Waals surface area contributed by atoms with Crippen LogP contribution in [0.5, 0.6) is 11.5 Å². The number of hydrogen-bond donors (Lipinski definition) is 0. The summed E-state index contributed by atoms with van der Waals surface area (Å²) >= 11 is 5.97. The first-order chi connectivity index (χ1) is 11.5. The van der Waals surface area contributed by atoms with Crippen molar-refractivity contribution in [3.05, 3.63) is 59.1 Å². The number of para-hydroxylation sites is 1. The molecule has 2 aromatic carbocycles. The van der Waals surface area contributed by atoms with Gasteiger partial charge in [0.1, 0.15) is 11.5 Å². The Balaban J connectivity index is 2.07. The largest absolute Gasteiger partial charge is 0.496 e. The van der Waals surface area contributed by atoms with E-state index in [9.17, 15) is 4.79 Å². The van der Waals surface area contributed by atoms with Crippen LogP contribution in [0.25, 0.3) is 0 Å². The normalized spacial score (nSPS) is 11.7. The highest BCUT2D eigenvalue weighted by Crippen LogP contribution is 2.22. The Bertz CT molecular complexity index is 690. The summed E-state index contributed by atoms with van der Waals surface area (Å²) in [7, 11) is 3.39. The van der Waals surface area contributed by atoms with Crippen LogP contribution in [-0.4, -0.2) is 31.1 Å². The van der Waals surface area contributed by atoms with Crippen molar-refractivity contribution >= 4 is 17.5 Å². The average Bonchev–Trinajstić information content (AvgIpc) is 2.59. The van der Waals surface area contributed by atoms with Crippen molar-refractivity contribution in [2.24, 2.45) is 0 Å². The first-order valence-corrected chi connectivity index (χ1v) is 8.22. The Morgan fingerprint density at radius 1 is 1.21 bits per heavy atom. The molecule has 0 heterocycles. The number of carbonyl (C=O) groups is 1. The van der Waals surface area contributed by atoms with E-state index in [2.05, 4.69) is 0 Å². The van der Waals surface area contributed by atoms with Crippen LogP contribution in [0.15, 0.2) is 48.5 Å². The fourth-order valence-corrected chi connectivity index (χ4v) is 2.61. The van der Waals surface area contributed by atoms with Crippen molar-refractivity contribution in [3.63, 3.8) is 0 Å². The van der Waals surface area contributed by atoms with Crippen LogP contribution < -0.4 is 9.47 Å². The Morgan fingerprint density at radius 2 is 1.96 bits per heavy atom. The summed E-state index contributed by atoms with van der Waals surface area (Å²) in [6.45, 7) is 2.38. The number of halogens is 1. The van der Waals surface area contributed by atoms with Gasteiger partial charge in [0.2, 0.25) is 0 Å². The third kappa shape index (κ3) is 4.65. The third-order valence-corrected chi connectivity index (χ3v) is 3.93. The van der Waals surface area contributed by atoms with Crippen LogP contribution in [0.2, 0.25) is 5.02 Å². The van der Waals surface area contributed by atoms with E-state index in [0.717, 1.165) is 11.3 Å². The first kappa shape index (κ1) is 18.1. The van der Waals surface area contributed by atoms with E-state index in [1.807, 2.05) is 31.2 Å². The van der Waals surface area contributed by atoms with Gasteiger partial charge in [0.05, 0.1) is 7.11 Å². The van der Waals surface area contributed by atoms with E-state index in [4.69, 9.17) is 21.1 Å². The van der Waals surface area contributed by atoms with Gasteiger partial charge in [-0.1, -0.05) is 42.8 Å². The van der Waals surface area contributed by atoms with Gasteiger partial charge >= 0.3 is 0 Å². The molecule has 0 saturated heterocycles. The number of nitrogens with zero attached hydrogens (tertiary/aromatic N) is 1. The minimum Gasteiger partial charge on any atom is -0.496 e. The minimum absolute atomic E-state index is 0.0802. The van der Waals surface area contributed by atoms with E-state index in [-0.39, 0.29) is 5.91 Å². The van der Waals surface area contributed by atoms with Crippen molar-refractivity contribution in [2.45, 2.75) is 26.0 Å².